The van der Waals surface area contributed by atoms with Gasteiger partial charge in [0.25, 0.3) is 0 Å². The number of hydrogen-bond donors (Lipinski definition) is 0. The SMILES string of the molecule is [Cu+2].[O-]c1ccccc1C=Nc1ccccc1[O-].c1cnc2c(c1)ccc1cccnc12. The van der Waals surface area contributed by atoms with Gasteiger partial charge in [0.05, 0.1) is 16.7 Å². The molecule has 155 valence electrons. The molecule has 0 amide bonds. The summed E-state index contributed by atoms with van der Waals surface area (Å²) in [6.07, 6.45) is 5.02. The molecule has 0 N–H and O–H groups in total. The third-order valence-corrected chi connectivity index (χ3v) is 4.47. The molecule has 0 aliphatic rings. The molecular formula is C25H17CuN3O2. The van der Waals surface area contributed by atoms with Crippen LogP contribution in [0.4, 0.5) is 5.69 Å². The normalized spacial score (nSPS) is 10.5. The quantitative estimate of drug-likeness (QED) is 0.225. The summed E-state index contributed by atoms with van der Waals surface area (Å²) in [4.78, 5) is 12.7. The van der Waals surface area contributed by atoms with Crippen LogP contribution in [0.2, 0.25) is 0 Å². The predicted molar refractivity (Wildman–Crippen MR) is 116 cm³/mol. The number of benzene rings is 3. The minimum absolute atomic E-state index is 0. The fourth-order valence-electron chi connectivity index (χ4n) is 2.97. The topological polar surface area (TPSA) is 84.3 Å². The Kier molecular flexibility index (Phi) is 7.33. The second-order valence-corrected chi connectivity index (χ2v) is 6.48. The molecule has 0 atom stereocenters. The van der Waals surface area contributed by atoms with Crippen LogP contribution in [0.3, 0.4) is 0 Å². The Labute approximate surface area is 190 Å². The first-order chi connectivity index (χ1) is 14.7. The Hall–Kier alpha value is -3.73. The first kappa shape index (κ1) is 22.0. The Morgan fingerprint density at radius 1 is 0.613 bits per heavy atom. The van der Waals surface area contributed by atoms with Gasteiger partial charge in [0.15, 0.2) is 0 Å². The molecule has 0 aliphatic carbocycles. The molecule has 5 nitrogen and oxygen atoms in total. The summed E-state index contributed by atoms with van der Waals surface area (Å²) in [6, 6.07) is 25.1. The van der Waals surface area contributed by atoms with Crippen LogP contribution in [0, 0.1) is 0 Å². The van der Waals surface area contributed by atoms with E-state index >= 15 is 0 Å². The molecule has 1 radical (unpaired) electrons. The first-order valence-electron chi connectivity index (χ1n) is 9.37. The second-order valence-electron chi connectivity index (χ2n) is 6.48. The zero-order valence-corrected chi connectivity index (χ0v) is 17.2. The van der Waals surface area contributed by atoms with Crippen LogP contribution in [0.1, 0.15) is 5.56 Å². The summed E-state index contributed by atoms with van der Waals surface area (Å²) < 4.78 is 0. The number of hydrogen-bond acceptors (Lipinski definition) is 5. The Balaban J connectivity index is 0.000000171. The van der Waals surface area contributed by atoms with E-state index in [2.05, 4.69) is 39.2 Å². The van der Waals surface area contributed by atoms with E-state index in [1.54, 1.807) is 48.8 Å². The number of aromatic nitrogens is 2. The molecule has 0 aliphatic heterocycles. The van der Waals surface area contributed by atoms with Gasteiger partial charge in [-0.1, -0.05) is 72.5 Å². The van der Waals surface area contributed by atoms with Gasteiger partial charge in [-0.05, 0) is 23.8 Å². The molecule has 3 aromatic carbocycles. The molecule has 0 saturated heterocycles. The molecule has 0 bridgehead atoms. The maximum Gasteiger partial charge on any atom is 2.00 e. The van der Waals surface area contributed by atoms with Crippen molar-refractivity contribution >= 4 is 33.7 Å². The molecule has 0 saturated carbocycles. The van der Waals surface area contributed by atoms with Crippen molar-refractivity contribution in [3.8, 4) is 11.5 Å². The van der Waals surface area contributed by atoms with E-state index in [-0.39, 0.29) is 28.6 Å². The summed E-state index contributed by atoms with van der Waals surface area (Å²) in [5, 5.41) is 25.0. The second kappa shape index (κ2) is 10.3. The Morgan fingerprint density at radius 2 is 1.16 bits per heavy atom. The van der Waals surface area contributed by atoms with Gasteiger partial charge in [-0.3, -0.25) is 15.0 Å². The van der Waals surface area contributed by atoms with E-state index in [9.17, 15) is 10.2 Å². The van der Waals surface area contributed by atoms with Crippen molar-refractivity contribution in [3.63, 3.8) is 0 Å². The molecule has 5 rings (SSSR count). The molecule has 0 spiro atoms. The van der Waals surface area contributed by atoms with E-state index in [0.29, 0.717) is 11.3 Å². The Morgan fingerprint density at radius 3 is 1.74 bits per heavy atom. The van der Waals surface area contributed by atoms with Crippen molar-refractivity contribution in [3.05, 3.63) is 103 Å². The van der Waals surface area contributed by atoms with Crippen molar-refractivity contribution in [2.45, 2.75) is 0 Å². The number of pyridine rings is 2. The van der Waals surface area contributed by atoms with Gasteiger partial charge in [0.1, 0.15) is 0 Å². The van der Waals surface area contributed by atoms with E-state index in [1.807, 2.05) is 12.1 Å². The number of fused-ring (bicyclic) bond motifs is 3. The molecule has 2 aromatic heterocycles. The largest absolute Gasteiger partial charge is 2.00 e. The average molecular weight is 455 g/mol. The zero-order chi connectivity index (χ0) is 20.8. The third kappa shape index (κ3) is 5.25. The number of para-hydroxylation sites is 3. The predicted octanol–water partition coefficient (Wildman–Crippen LogP) is 4.36. The van der Waals surface area contributed by atoms with Crippen molar-refractivity contribution < 1.29 is 27.3 Å². The number of aliphatic imine (C=N–C) groups is 1. The average Bonchev–Trinajstić information content (AvgIpc) is 2.80. The van der Waals surface area contributed by atoms with Crippen LogP contribution in [0.15, 0.2) is 102 Å². The summed E-state index contributed by atoms with van der Waals surface area (Å²) in [7, 11) is 0. The van der Waals surface area contributed by atoms with E-state index in [1.165, 1.54) is 18.3 Å². The summed E-state index contributed by atoms with van der Waals surface area (Å²) >= 11 is 0. The van der Waals surface area contributed by atoms with Crippen LogP contribution in [0.25, 0.3) is 21.8 Å². The number of rotatable bonds is 2. The minimum Gasteiger partial charge on any atom is -0.872 e. The monoisotopic (exact) mass is 454 g/mol. The van der Waals surface area contributed by atoms with Crippen molar-refractivity contribution in [1.29, 1.82) is 0 Å². The van der Waals surface area contributed by atoms with Crippen LogP contribution < -0.4 is 10.2 Å². The van der Waals surface area contributed by atoms with Crippen molar-refractivity contribution in [2.75, 3.05) is 0 Å². The van der Waals surface area contributed by atoms with E-state index < -0.39 is 0 Å². The summed E-state index contributed by atoms with van der Waals surface area (Å²) in [5.41, 5.74) is 2.77. The maximum absolute atomic E-state index is 11.4. The van der Waals surface area contributed by atoms with Crippen LogP contribution in [0.5, 0.6) is 11.5 Å². The molecule has 0 unspecified atom stereocenters. The van der Waals surface area contributed by atoms with Gasteiger partial charge in [0, 0.05) is 29.4 Å². The van der Waals surface area contributed by atoms with Gasteiger partial charge < -0.3 is 10.2 Å². The standard InChI is InChI=1S/C13H11NO2.C12H8N2.Cu/c15-12-7-3-1-5-10(12)9-14-11-6-2-4-8-13(11)16;1-3-9-5-6-10-4-2-8-14-12(10)11(9)13-7-1;/h1-9,15-16H;1-8H;/q;;+2/p-2. The van der Waals surface area contributed by atoms with Gasteiger partial charge in [-0.25, -0.2) is 0 Å². The third-order valence-electron chi connectivity index (χ3n) is 4.47. The molecular weight excluding hydrogens is 438 g/mol. The fraction of sp³-hybridized carbons (Fsp3) is 0. The zero-order valence-electron chi connectivity index (χ0n) is 16.3. The minimum atomic E-state index is -0.151. The van der Waals surface area contributed by atoms with E-state index in [0.717, 1.165) is 21.8 Å². The van der Waals surface area contributed by atoms with Gasteiger partial charge in [-0.2, -0.15) is 0 Å². The Bertz CT molecular complexity index is 1240. The van der Waals surface area contributed by atoms with Crippen LogP contribution in [-0.2, 0) is 17.1 Å². The van der Waals surface area contributed by atoms with Gasteiger partial charge >= 0.3 is 17.1 Å². The molecule has 0 fully saturated rings. The number of nitrogens with zero attached hydrogens (tertiary/aromatic N) is 3. The first-order valence-corrected chi connectivity index (χ1v) is 9.37. The maximum atomic E-state index is 11.4. The van der Waals surface area contributed by atoms with Crippen molar-refractivity contribution in [1.82, 2.24) is 9.97 Å². The molecule has 31 heavy (non-hydrogen) atoms. The smallest absolute Gasteiger partial charge is 0.872 e. The van der Waals surface area contributed by atoms with Gasteiger partial charge in [0.2, 0.25) is 0 Å². The molecule has 5 aromatic rings. The van der Waals surface area contributed by atoms with Gasteiger partial charge in [-0.15, -0.1) is 5.75 Å². The van der Waals surface area contributed by atoms with Crippen LogP contribution in [-0.4, -0.2) is 16.2 Å². The van der Waals surface area contributed by atoms with E-state index in [4.69, 9.17) is 0 Å². The fourth-order valence-corrected chi connectivity index (χ4v) is 2.97. The molecule has 6 heteroatoms. The molecule has 2 heterocycles. The van der Waals surface area contributed by atoms with Crippen LogP contribution >= 0.6 is 0 Å². The summed E-state index contributed by atoms with van der Waals surface area (Å²) in [6.45, 7) is 0. The van der Waals surface area contributed by atoms with Crippen molar-refractivity contribution in [2.24, 2.45) is 4.99 Å². The summed E-state index contributed by atoms with van der Waals surface area (Å²) in [5.74, 6) is -0.253.